The Morgan fingerprint density at radius 3 is 3.10 bits per heavy atom. The Balaban J connectivity index is 1.88. The van der Waals surface area contributed by atoms with Gasteiger partial charge in [-0.2, -0.15) is 4.68 Å². The van der Waals surface area contributed by atoms with Crippen LogP contribution in [0.2, 0.25) is 0 Å². The lowest BCUT2D eigenvalue weighted by Gasteiger charge is -1.98. The predicted molar refractivity (Wildman–Crippen MR) is 74.9 cm³/mol. The van der Waals surface area contributed by atoms with Gasteiger partial charge in [0.2, 0.25) is 5.13 Å². The van der Waals surface area contributed by atoms with Crippen molar-refractivity contribution in [2.24, 2.45) is 0 Å². The number of ether oxygens (including phenoxy) is 1. The van der Waals surface area contributed by atoms with Gasteiger partial charge in [-0.05, 0) is 19.1 Å². The summed E-state index contributed by atoms with van der Waals surface area (Å²) in [7, 11) is 0. The summed E-state index contributed by atoms with van der Waals surface area (Å²) < 4.78 is 6.60. The average molecular weight is 288 g/mol. The minimum absolute atomic E-state index is 0.234. The van der Waals surface area contributed by atoms with Crippen LogP contribution in [0.1, 0.15) is 11.8 Å². The van der Waals surface area contributed by atoms with E-state index in [0.717, 1.165) is 15.9 Å². The van der Waals surface area contributed by atoms with Crippen molar-refractivity contribution in [1.82, 2.24) is 20.0 Å². The highest BCUT2D eigenvalue weighted by Gasteiger charge is 2.12. The first kappa shape index (κ1) is 12.7. The summed E-state index contributed by atoms with van der Waals surface area (Å²) in [6.07, 6.45) is 1.91. The number of thiazole rings is 1. The van der Waals surface area contributed by atoms with Crippen molar-refractivity contribution in [2.45, 2.75) is 13.3 Å². The van der Waals surface area contributed by atoms with E-state index in [1.165, 1.54) is 11.3 Å². The van der Waals surface area contributed by atoms with Crippen molar-refractivity contribution in [3.05, 3.63) is 35.3 Å². The standard InChI is InChI=1S/C13H12N4O2S/c1-2-19-12(18)7-9-8-14-13(20-9)17-11-6-4-3-5-10(11)15-16-17/h3-6,8H,2,7H2,1H3. The second-order valence-corrected chi connectivity index (χ2v) is 5.17. The third-order valence-corrected chi connectivity index (χ3v) is 3.67. The van der Waals surface area contributed by atoms with Crippen LogP contribution in [-0.2, 0) is 16.0 Å². The number of carbonyl (C=O) groups excluding carboxylic acids is 1. The molecular weight excluding hydrogens is 276 g/mol. The van der Waals surface area contributed by atoms with Crippen LogP contribution in [0.15, 0.2) is 30.5 Å². The number of carbonyl (C=O) groups is 1. The van der Waals surface area contributed by atoms with E-state index < -0.39 is 0 Å². The van der Waals surface area contributed by atoms with Crippen LogP contribution in [0.5, 0.6) is 0 Å². The number of aromatic nitrogens is 4. The fourth-order valence-electron chi connectivity index (χ4n) is 1.84. The second kappa shape index (κ2) is 5.38. The Kier molecular flexibility index (Phi) is 3.42. The van der Waals surface area contributed by atoms with Crippen molar-refractivity contribution in [3.8, 4) is 5.13 Å². The average Bonchev–Trinajstić information content (AvgIpc) is 3.05. The summed E-state index contributed by atoms with van der Waals surface area (Å²) in [5.41, 5.74) is 1.71. The van der Waals surface area contributed by atoms with Crippen LogP contribution < -0.4 is 0 Å². The molecule has 0 aliphatic rings. The summed E-state index contributed by atoms with van der Waals surface area (Å²) >= 11 is 1.41. The van der Waals surface area contributed by atoms with E-state index in [9.17, 15) is 4.79 Å². The van der Waals surface area contributed by atoms with Gasteiger partial charge in [0, 0.05) is 11.1 Å². The molecule has 0 amide bonds. The highest BCUT2D eigenvalue weighted by atomic mass is 32.1. The van der Waals surface area contributed by atoms with Gasteiger partial charge >= 0.3 is 5.97 Å². The van der Waals surface area contributed by atoms with Crippen LogP contribution >= 0.6 is 11.3 Å². The van der Waals surface area contributed by atoms with E-state index in [4.69, 9.17) is 4.74 Å². The van der Waals surface area contributed by atoms with E-state index in [2.05, 4.69) is 15.3 Å². The van der Waals surface area contributed by atoms with E-state index >= 15 is 0 Å². The molecule has 0 radical (unpaired) electrons. The maximum absolute atomic E-state index is 11.4. The molecule has 0 bridgehead atoms. The van der Waals surface area contributed by atoms with Crippen molar-refractivity contribution in [1.29, 1.82) is 0 Å². The van der Waals surface area contributed by atoms with Gasteiger partial charge in [0.1, 0.15) is 5.52 Å². The number of rotatable bonds is 4. The molecule has 0 aliphatic carbocycles. The molecule has 0 N–H and O–H groups in total. The first-order valence-corrected chi connectivity index (χ1v) is 7.00. The smallest absolute Gasteiger partial charge is 0.311 e. The first-order chi connectivity index (χ1) is 9.78. The highest BCUT2D eigenvalue weighted by molar-refractivity contribution is 7.14. The van der Waals surface area contributed by atoms with Crippen LogP contribution in [-0.4, -0.2) is 32.6 Å². The van der Waals surface area contributed by atoms with Crippen molar-refractivity contribution in [2.75, 3.05) is 6.61 Å². The van der Waals surface area contributed by atoms with E-state index in [-0.39, 0.29) is 12.4 Å². The lowest BCUT2D eigenvalue weighted by Crippen LogP contribution is -2.06. The molecule has 3 rings (SSSR count). The molecule has 6 nitrogen and oxygen atoms in total. The molecule has 20 heavy (non-hydrogen) atoms. The van der Waals surface area contributed by atoms with Gasteiger partial charge in [0.25, 0.3) is 0 Å². The molecule has 3 aromatic rings. The van der Waals surface area contributed by atoms with Crippen LogP contribution in [0.25, 0.3) is 16.2 Å². The van der Waals surface area contributed by atoms with E-state index in [0.29, 0.717) is 11.7 Å². The number of para-hydroxylation sites is 1. The summed E-state index contributed by atoms with van der Waals surface area (Å²) in [5.74, 6) is -0.244. The maximum Gasteiger partial charge on any atom is 0.311 e. The molecule has 7 heteroatoms. The molecule has 0 unspecified atom stereocenters. The molecule has 2 aromatic heterocycles. The minimum atomic E-state index is -0.244. The minimum Gasteiger partial charge on any atom is -0.466 e. The zero-order valence-corrected chi connectivity index (χ0v) is 11.6. The Hall–Kier alpha value is -2.28. The van der Waals surface area contributed by atoms with Crippen molar-refractivity contribution in [3.63, 3.8) is 0 Å². The highest BCUT2D eigenvalue weighted by Crippen LogP contribution is 2.21. The number of nitrogens with zero attached hydrogens (tertiary/aromatic N) is 4. The third-order valence-electron chi connectivity index (χ3n) is 2.70. The Labute approximate surface area is 119 Å². The number of benzene rings is 1. The molecule has 0 spiro atoms. The molecule has 0 aliphatic heterocycles. The van der Waals surface area contributed by atoms with Gasteiger partial charge < -0.3 is 4.74 Å². The van der Waals surface area contributed by atoms with E-state index in [1.54, 1.807) is 17.8 Å². The molecule has 102 valence electrons. The maximum atomic E-state index is 11.4. The second-order valence-electron chi connectivity index (χ2n) is 4.08. The molecule has 0 saturated heterocycles. The van der Waals surface area contributed by atoms with Crippen LogP contribution in [0.4, 0.5) is 0 Å². The topological polar surface area (TPSA) is 69.9 Å². The number of fused-ring (bicyclic) bond motifs is 1. The fourth-order valence-corrected chi connectivity index (χ4v) is 2.70. The van der Waals surface area contributed by atoms with Gasteiger partial charge in [-0.15, -0.1) is 5.10 Å². The van der Waals surface area contributed by atoms with Gasteiger partial charge in [-0.25, -0.2) is 4.98 Å². The molecule has 1 aromatic carbocycles. The molecule has 2 heterocycles. The Morgan fingerprint density at radius 2 is 2.25 bits per heavy atom. The van der Waals surface area contributed by atoms with Crippen LogP contribution in [0, 0.1) is 0 Å². The number of esters is 1. The van der Waals surface area contributed by atoms with Gasteiger partial charge in [0.15, 0.2) is 0 Å². The third kappa shape index (κ3) is 2.39. The Morgan fingerprint density at radius 1 is 1.40 bits per heavy atom. The van der Waals surface area contributed by atoms with Gasteiger partial charge in [-0.1, -0.05) is 28.7 Å². The summed E-state index contributed by atoms with van der Waals surface area (Å²) in [5, 5.41) is 8.87. The number of hydrogen-bond acceptors (Lipinski definition) is 6. The Bertz CT molecular complexity index is 750. The largest absolute Gasteiger partial charge is 0.466 e. The monoisotopic (exact) mass is 288 g/mol. The quantitative estimate of drug-likeness (QED) is 0.687. The summed E-state index contributed by atoms with van der Waals surface area (Å²) in [4.78, 5) is 16.6. The predicted octanol–water partition coefficient (Wildman–Crippen LogP) is 1.98. The number of hydrogen-bond donors (Lipinski definition) is 0. The molecule has 0 atom stereocenters. The molecule has 0 fully saturated rings. The van der Waals surface area contributed by atoms with Gasteiger partial charge in [0.05, 0.1) is 18.5 Å². The molecular formula is C13H12N4O2S. The zero-order chi connectivity index (χ0) is 13.9. The first-order valence-electron chi connectivity index (χ1n) is 6.19. The SMILES string of the molecule is CCOC(=O)Cc1cnc(-n2nnc3ccccc32)s1. The summed E-state index contributed by atoms with van der Waals surface area (Å²) in [6.45, 7) is 2.18. The van der Waals surface area contributed by atoms with Gasteiger partial charge in [-0.3, -0.25) is 4.79 Å². The normalized spacial score (nSPS) is 10.8. The lowest BCUT2D eigenvalue weighted by molar-refractivity contribution is -0.142. The van der Waals surface area contributed by atoms with Crippen LogP contribution in [0.3, 0.4) is 0 Å². The summed E-state index contributed by atoms with van der Waals surface area (Å²) in [6, 6.07) is 7.67. The van der Waals surface area contributed by atoms with E-state index in [1.807, 2.05) is 24.3 Å². The zero-order valence-electron chi connectivity index (χ0n) is 10.8. The molecule has 0 saturated carbocycles. The fraction of sp³-hybridized carbons (Fsp3) is 0.231. The van der Waals surface area contributed by atoms with Crippen molar-refractivity contribution < 1.29 is 9.53 Å². The van der Waals surface area contributed by atoms with Crippen molar-refractivity contribution >= 4 is 28.3 Å². The lowest BCUT2D eigenvalue weighted by atomic mass is 10.3.